The zero-order valence-corrected chi connectivity index (χ0v) is 13.0. The second-order valence-electron chi connectivity index (χ2n) is 0.318. The van der Waals surface area contributed by atoms with Gasteiger partial charge in [0, 0.05) is 9.17 Å². The van der Waals surface area contributed by atoms with Crippen LogP contribution in [0.4, 0.5) is 0 Å². The van der Waals surface area contributed by atoms with Gasteiger partial charge in [0.05, 0.1) is 0 Å². The maximum Gasteiger partial charge on any atom is 1.00 e. The van der Waals surface area contributed by atoms with Gasteiger partial charge in [-0.15, -0.1) is 0 Å². The van der Waals surface area contributed by atoms with E-state index in [9.17, 15) is 0 Å². The minimum atomic E-state index is -3.63. The van der Waals surface area contributed by atoms with Gasteiger partial charge in [0.25, 0.3) is 0 Å². The van der Waals surface area contributed by atoms with Crippen LogP contribution < -0.4 is 112 Å². The van der Waals surface area contributed by atoms with Crippen molar-refractivity contribution >= 4 is 20.7 Å². The third kappa shape index (κ3) is 111. The van der Waals surface area contributed by atoms with E-state index in [1.165, 1.54) is 0 Å². The van der Waals surface area contributed by atoms with Gasteiger partial charge in [-0.1, -0.05) is 0 Å². The van der Waals surface area contributed by atoms with Crippen molar-refractivity contribution in [1.29, 1.82) is 0 Å². The number of hydrogen-bond acceptors (Lipinski definition) is 5. The Kier molecular flexibility index (Phi) is 56.3. The van der Waals surface area contributed by atoms with Crippen molar-refractivity contribution in [2.45, 2.75) is 0 Å². The van der Waals surface area contributed by atoms with Gasteiger partial charge >= 0.3 is 114 Å². The van der Waals surface area contributed by atoms with Gasteiger partial charge in [0.1, 0.15) is 0 Å². The summed E-state index contributed by atoms with van der Waals surface area (Å²) in [5.74, 6) is 0. The molecule has 9 heavy (non-hydrogen) atoms. The molecule has 0 unspecified atom stereocenters. The first-order valence-electron chi connectivity index (χ1n) is 0.946. The fourth-order valence-electron chi connectivity index (χ4n) is 0. The Labute approximate surface area is 142 Å². The van der Waals surface area contributed by atoms with Gasteiger partial charge in [-0.3, -0.25) is 0 Å². The Morgan fingerprint density at radius 2 is 1.11 bits per heavy atom. The zero-order valence-electron chi connectivity index (χ0n) is 4.95. The van der Waals surface area contributed by atoms with E-state index in [4.69, 9.17) is 22.5 Å². The molecule has 0 amide bonds. The molecule has 0 saturated heterocycles. The molecule has 0 aromatic rings. The molecule has 9 heteroatoms. The van der Waals surface area contributed by atoms with E-state index >= 15 is 0 Å². The molecule has 0 spiro atoms. The molecule has 0 saturated carbocycles. The molecule has 0 aliphatic rings. The van der Waals surface area contributed by atoms with Crippen LogP contribution in [0.3, 0.4) is 0 Å². The summed E-state index contributed by atoms with van der Waals surface area (Å²) in [5.41, 5.74) is 0. The maximum absolute atomic E-state index is 8.52. The molecule has 0 aromatic carbocycles. The first-order valence-corrected chi connectivity index (χ1v) is 2.84. The molecule has 0 radical (unpaired) electrons. The smallest absolute Gasteiger partial charge is 0.672 e. The van der Waals surface area contributed by atoms with E-state index < -0.39 is 20.7 Å². The van der Waals surface area contributed by atoms with Crippen LogP contribution in [0.1, 0.15) is 0 Å². The molecular weight excluding hydrogens is 218 g/mol. The van der Waals surface area contributed by atoms with Crippen LogP contribution in [0.15, 0.2) is 0 Å². The molecule has 0 aliphatic heterocycles. The van der Waals surface area contributed by atoms with Gasteiger partial charge in [-0.05, 0) is 0 Å². The zero-order chi connectivity index (χ0) is 6.28. The summed E-state index contributed by atoms with van der Waals surface area (Å²) in [5, 5.41) is 0. The summed E-state index contributed by atoms with van der Waals surface area (Å²) in [6, 6.07) is 0. The van der Waals surface area contributed by atoms with Crippen molar-refractivity contribution < 1.29 is 125 Å². The predicted octanol–water partition coefficient (Wildman–Crippen LogP) is -9.54. The summed E-state index contributed by atoms with van der Waals surface area (Å²) in [4.78, 5) is 17.0. The summed E-state index contributed by atoms with van der Waals surface area (Å²) in [7, 11) is -3.63. The third-order valence-corrected chi connectivity index (χ3v) is 0. The molecular formula is K2O5SSi. The largest absolute Gasteiger partial charge is 1.00 e. The molecule has 0 bridgehead atoms. The molecule has 0 aromatic heterocycles. The first kappa shape index (κ1) is 22.6. The molecule has 0 fully saturated rings. The van der Waals surface area contributed by atoms with Crippen LogP contribution in [0.25, 0.3) is 0 Å². The molecule has 0 rings (SSSR count). The van der Waals surface area contributed by atoms with Crippen LogP contribution in [0.2, 0.25) is 0 Å². The Balaban J connectivity index is -0.0000000233. The van der Waals surface area contributed by atoms with Crippen molar-refractivity contribution in [3.05, 3.63) is 0 Å². The molecule has 0 heterocycles. The maximum atomic E-state index is 8.52. The molecule has 0 aliphatic carbocycles. The van der Waals surface area contributed by atoms with Gasteiger partial charge < -0.3 is 14.1 Å². The van der Waals surface area contributed by atoms with Crippen molar-refractivity contribution in [1.82, 2.24) is 0 Å². The minimum Gasteiger partial charge on any atom is -0.672 e. The normalized spacial score (nSPS) is 4.00. The topological polar surface area (TPSA) is 97.3 Å². The second-order valence-corrected chi connectivity index (χ2v) is 0.954. The Morgan fingerprint density at radius 3 is 1.11 bits per heavy atom. The van der Waals surface area contributed by atoms with Crippen LogP contribution >= 0.6 is 0 Å². The number of hydrogen-bond donors (Lipinski definition) is 0. The third-order valence-electron chi connectivity index (χ3n) is 0. The molecule has 5 nitrogen and oxygen atoms in total. The van der Waals surface area contributed by atoms with E-state index in [-0.39, 0.29) is 103 Å². The quantitative estimate of drug-likeness (QED) is 0.376. The van der Waals surface area contributed by atoms with Gasteiger partial charge in [-0.25, -0.2) is 0 Å². The van der Waals surface area contributed by atoms with E-state index in [0.717, 1.165) is 0 Å². The Morgan fingerprint density at radius 1 is 1.11 bits per heavy atom. The van der Waals surface area contributed by atoms with Crippen LogP contribution in [-0.4, -0.2) is 17.6 Å². The van der Waals surface area contributed by atoms with Crippen molar-refractivity contribution in [3.8, 4) is 0 Å². The predicted molar refractivity (Wildman–Crippen MR) is 15.4 cm³/mol. The van der Waals surface area contributed by atoms with E-state index in [1.54, 1.807) is 0 Å². The average molecular weight is 218 g/mol. The van der Waals surface area contributed by atoms with Crippen LogP contribution in [0.5, 0.6) is 0 Å². The summed E-state index contributed by atoms with van der Waals surface area (Å²) in [6.07, 6.45) is 0. The summed E-state index contributed by atoms with van der Waals surface area (Å²) >= 11 is -0.750. The standard InChI is InChI=1S/2K.O3Si.O2S/c;;1-4(2)3;1-3-2/q2*+1;-2;. The molecule has 0 N–H and O–H groups in total. The number of rotatable bonds is 0. The summed E-state index contributed by atoms with van der Waals surface area (Å²) < 4.78 is 25.1. The Bertz CT molecular complexity index is 83.0. The fraction of sp³-hybridized carbons (Fsp3) is 0. The van der Waals surface area contributed by atoms with E-state index in [2.05, 4.69) is 0 Å². The minimum absolute atomic E-state index is 0. The van der Waals surface area contributed by atoms with Crippen LogP contribution in [-0.2, 0) is 16.0 Å². The molecule has 42 valence electrons. The fourth-order valence-corrected chi connectivity index (χ4v) is 0. The average Bonchev–Trinajstić information content (AvgIpc) is 1.33. The van der Waals surface area contributed by atoms with Gasteiger partial charge in [0.15, 0.2) is 0 Å². The van der Waals surface area contributed by atoms with Crippen molar-refractivity contribution in [2.24, 2.45) is 0 Å². The van der Waals surface area contributed by atoms with E-state index in [1.807, 2.05) is 0 Å². The monoisotopic (exact) mass is 218 g/mol. The van der Waals surface area contributed by atoms with Gasteiger partial charge in [0.2, 0.25) is 0 Å². The SMILES string of the molecule is O=S=O.O=[Si]([O-])[O-].[K+].[K+]. The van der Waals surface area contributed by atoms with Crippen molar-refractivity contribution in [3.63, 3.8) is 0 Å². The second kappa shape index (κ2) is 22.4. The van der Waals surface area contributed by atoms with Crippen molar-refractivity contribution in [2.75, 3.05) is 0 Å². The van der Waals surface area contributed by atoms with E-state index in [0.29, 0.717) is 0 Å². The molecule has 0 atom stereocenters. The summed E-state index contributed by atoms with van der Waals surface area (Å²) in [6.45, 7) is 0. The van der Waals surface area contributed by atoms with Gasteiger partial charge in [-0.2, -0.15) is 8.42 Å². The van der Waals surface area contributed by atoms with Crippen LogP contribution in [0, 0.1) is 0 Å². The first-order chi connectivity index (χ1) is 3.15. The Hall–Kier alpha value is 2.71.